The zero-order valence-electron chi connectivity index (χ0n) is 13.7. The molecule has 0 bridgehead atoms. The van der Waals surface area contributed by atoms with Crippen molar-refractivity contribution >= 4 is 12.1 Å². The van der Waals surface area contributed by atoms with Crippen molar-refractivity contribution in [2.24, 2.45) is 0 Å². The van der Waals surface area contributed by atoms with Gasteiger partial charge in [0.2, 0.25) is 0 Å². The van der Waals surface area contributed by atoms with Gasteiger partial charge in [0.05, 0.1) is 6.61 Å². The number of carbonyl (C=O) groups excluding carboxylic acids is 1. The van der Waals surface area contributed by atoms with Crippen molar-refractivity contribution in [3.8, 4) is 0 Å². The molecule has 1 amide bonds. The standard InChI is InChI=1S/C16H22FNO5/c1-15(2,3)23-14(21)18-9-16(10-22-4,13(19)20)11-7-5-6-8-12(11)17/h5-8H,9-10H2,1-4H3,(H,18,21)(H,19,20). The molecule has 0 aliphatic heterocycles. The summed E-state index contributed by atoms with van der Waals surface area (Å²) >= 11 is 0. The Kier molecular flexibility index (Phi) is 6.09. The van der Waals surface area contributed by atoms with E-state index in [9.17, 15) is 19.1 Å². The lowest BCUT2D eigenvalue weighted by molar-refractivity contribution is -0.146. The minimum atomic E-state index is -1.75. The summed E-state index contributed by atoms with van der Waals surface area (Å²) in [5.74, 6) is -1.99. The summed E-state index contributed by atoms with van der Waals surface area (Å²) in [6.07, 6.45) is -0.782. The number of ether oxygens (including phenoxy) is 2. The van der Waals surface area contributed by atoms with E-state index in [2.05, 4.69) is 5.32 Å². The van der Waals surface area contributed by atoms with Crippen molar-refractivity contribution in [3.63, 3.8) is 0 Å². The fraction of sp³-hybridized carbons (Fsp3) is 0.500. The number of rotatable bonds is 6. The van der Waals surface area contributed by atoms with Crippen LogP contribution < -0.4 is 5.32 Å². The van der Waals surface area contributed by atoms with Crippen LogP contribution in [0.1, 0.15) is 26.3 Å². The second-order valence-corrected chi connectivity index (χ2v) is 6.16. The minimum absolute atomic E-state index is 0.0644. The molecule has 128 valence electrons. The molecule has 6 nitrogen and oxygen atoms in total. The normalized spacial score (nSPS) is 14.0. The molecule has 7 heteroatoms. The highest BCUT2D eigenvalue weighted by atomic mass is 19.1. The maximum atomic E-state index is 14.1. The van der Waals surface area contributed by atoms with Crippen LogP contribution in [0.4, 0.5) is 9.18 Å². The average molecular weight is 327 g/mol. The van der Waals surface area contributed by atoms with Crippen molar-refractivity contribution < 1.29 is 28.6 Å². The van der Waals surface area contributed by atoms with E-state index in [1.54, 1.807) is 20.8 Å². The zero-order valence-corrected chi connectivity index (χ0v) is 13.7. The van der Waals surface area contributed by atoms with Crippen molar-refractivity contribution in [2.45, 2.75) is 31.8 Å². The predicted molar refractivity (Wildman–Crippen MR) is 81.8 cm³/mol. The molecular formula is C16H22FNO5. The first-order chi connectivity index (χ1) is 10.6. The fourth-order valence-electron chi connectivity index (χ4n) is 2.11. The first kappa shape index (κ1) is 18.9. The lowest BCUT2D eigenvalue weighted by Crippen LogP contribution is -2.51. The van der Waals surface area contributed by atoms with Crippen LogP contribution in [-0.4, -0.2) is 43.0 Å². The van der Waals surface area contributed by atoms with Crippen LogP contribution in [0, 0.1) is 5.82 Å². The van der Waals surface area contributed by atoms with Gasteiger partial charge in [0.15, 0.2) is 0 Å². The average Bonchev–Trinajstić information content (AvgIpc) is 2.42. The van der Waals surface area contributed by atoms with E-state index in [0.717, 1.165) is 6.07 Å². The molecule has 2 N–H and O–H groups in total. The quantitative estimate of drug-likeness (QED) is 0.837. The van der Waals surface area contributed by atoms with Gasteiger partial charge in [-0.25, -0.2) is 9.18 Å². The van der Waals surface area contributed by atoms with Gasteiger partial charge in [0.1, 0.15) is 16.8 Å². The summed E-state index contributed by atoms with van der Waals surface area (Å²) in [6.45, 7) is 4.38. The monoisotopic (exact) mass is 327 g/mol. The number of nitrogens with one attached hydrogen (secondary N) is 1. The van der Waals surface area contributed by atoms with E-state index in [0.29, 0.717) is 0 Å². The molecule has 1 aromatic carbocycles. The molecule has 0 fully saturated rings. The molecule has 0 aliphatic rings. The second-order valence-electron chi connectivity index (χ2n) is 6.16. The van der Waals surface area contributed by atoms with Crippen LogP contribution in [0.3, 0.4) is 0 Å². The van der Waals surface area contributed by atoms with Gasteiger partial charge in [-0.1, -0.05) is 18.2 Å². The summed E-state index contributed by atoms with van der Waals surface area (Å²) in [7, 11) is 1.31. The van der Waals surface area contributed by atoms with Crippen molar-refractivity contribution in [3.05, 3.63) is 35.6 Å². The minimum Gasteiger partial charge on any atom is -0.480 e. The third-order valence-electron chi connectivity index (χ3n) is 3.12. The summed E-state index contributed by atoms with van der Waals surface area (Å²) in [6, 6.07) is 5.51. The first-order valence-corrected chi connectivity index (χ1v) is 7.06. The molecule has 0 radical (unpaired) electrons. The topological polar surface area (TPSA) is 84.9 Å². The molecule has 0 spiro atoms. The number of aliphatic carboxylic acids is 1. The predicted octanol–water partition coefficient (Wildman–Crippen LogP) is 2.32. The second kappa shape index (κ2) is 7.41. The van der Waals surface area contributed by atoms with Crippen LogP contribution in [0.2, 0.25) is 0 Å². The Morgan fingerprint density at radius 1 is 1.26 bits per heavy atom. The number of alkyl carbamates (subject to hydrolysis) is 1. The van der Waals surface area contributed by atoms with Crippen molar-refractivity contribution in [1.29, 1.82) is 0 Å². The van der Waals surface area contributed by atoms with Gasteiger partial charge >= 0.3 is 12.1 Å². The van der Waals surface area contributed by atoms with E-state index in [4.69, 9.17) is 9.47 Å². The Bertz CT molecular complexity index is 570. The number of hydrogen-bond donors (Lipinski definition) is 2. The summed E-state index contributed by atoms with van der Waals surface area (Å²) in [5, 5.41) is 12.0. The third kappa shape index (κ3) is 4.92. The molecule has 0 aliphatic carbocycles. The molecule has 1 rings (SSSR count). The number of amides is 1. The first-order valence-electron chi connectivity index (χ1n) is 7.06. The Labute approximate surface area is 134 Å². The smallest absolute Gasteiger partial charge is 0.407 e. The van der Waals surface area contributed by atoms with Gasteiger partial charge in [-0.2, -0.15) is 0 Å². The number of carboxylic acids is 1. The number of methoxy groups -OCH3 is 1. The zero-order chi connectivity index (χ0) is 17.7. The number of carboxylic acid groups (broad SMARTS) is 1. The molecule has 0 saturated heterocycles. The molecule has 23 heavy (non-hydrogen) atoms. The SMILES string of the molecule is COCC(CNC(=O)OC(C)(C)C)(C(=O)O)c1ccccc1F. The Morgan fingerprint density at radius 3 is 2.35 bits per heavy atom. The fourth-order valence-corrected chi connectivity index (χ4v) is 2.11. The van der Waals surface area contributed by atoms with Crippen LogP contribution in [0.15, 0.2) is 24.3 Å². The van der Waals surface area contributed by atoms with E-state index in [1.807, 2.05) is 0 Å². The highest BCUT2D eigenvalue weighted by Gasteiger charge is 2.43. The lowest BCUT2D eigenvalue weighted by Gasteiger charge is -2.30. The summed E-state index contributed by atoms with van der Waals surface area (Å²) in [5.41, 5.74) is -2.54. The van der Waals surface area contributed by atoms with Gasteiger partial charge in [-0.05, 0) is 26.8 Å². The maximum absolute atomic E-state index is 14.1. The highest BCUT2D eigenvalue weighted by molar-refractivity contribution is 5.83. The molecular weight excluding hydrogens is 305 g/mol. The lowest BCUT2D eigenvalue weighted by atomic mass is 9.80. The number of halogens is 1. The Morgan fingerprint density at radius 2 is 1.87 bits per heavy atom. The van der Waals surface area contributed by atoms with Crippen LogP contribution in [-0.2, 0) is 19.7 Å². The third-order valence-corrected chi connectivity index (χ3v) is 3.12. The number of benzene rings is 1. The van der Waals surface area contributed by atoms with E-state index >= 15 is 0 Å². The van der Waals surface area contributed by atoms with Gasteiger partial charge in [-0.3, -0.25) is 4.79 Å². The highest BCUT2D eigenvalue weighted by Crippen LogP contribution is 2.27. The Balaban J connectivity index is 3.09. The van der Waals surface area contributed by atoms with Gasteiger partial charge in [0, 0.05) is 19.2 Å². The Hall–Kier alpha value is -2.15. The molecule has 1 unspecified atom stereocenters. The summed E-state index contributed by atoms with van der Waals surface area (Å²) < 4.78 is 24.2. The summed E-state index contributed by atoms with van der Waals surface area (Å²) in [4.78, 5) is 23.6. The van der Waals surface area contributed by atoms with E-state index in [-0.39, 0.29) is 18.7 Å². The maximum Gasteiger partial charge on any atom is 0.407 e. The van der Waals surface area contributed by atoms with Gasteiger partial charge < -0.3 is 19.9 Å². The molecule has 0 aromatic heterocycles. The van der Waals surface area contributed by atoms with Crippen molar-refractivity contribution in [2.75, 3.05) is 20.3 Å². The van der Waals surface area contributed by atoms with Crippen molar-refractivity contribution in [1.82, 2.24) is 5.32 Å². The van der Waals surface area contributed by atoms with Gasteiger partial charge in [-0.15, -0.1) is 0 Å². The van der Waals surface area contributed by atoms with E-state index in [1.165, 1.54) is 25.3 Å². The van der Waals surface area contributed by atoms with Crippen LogP contribution in [0.5, 0.6) is 0 Å². The molecule has 1 atom stereocenters. The van der Waals surface area contributed by atoms with Gasteiger partial charge in [0.25, 0.3) is 0 Å². The number of carbonyl (C=O) groups is 2. The van der Waals surface area contributed by atoms with Crippen LogP contribution in [0.25, 0.3) is 0 Å². The largest absolute Gasteiger partial charge is 0.480 e. The molecule has 0 saturated carbocycles. The van der Waals surface area contributed by atoms with Crippen LogP contribution >= 0.6 is 0 Å². The molecule has 0 heterocycles. The molecule has 1 aromatic rings. The van der Waals surface area contributed by atoms with E-state index < -0.39 is 28.9 Å². The number of hydrogen-bond acceptors (Lipinski definition) is 4.